The zero-order chi connectivity index (χ0) is 30.0. The first-order valence-electron chi connectivity index (χ1n) is 12.9. The van der Waals surface area contributed by atoms with Crippen LogP contribution >= 0.6 is 0 Å². The summed E-state index contributed by atoms with van der Waals surface area (Å²) in [6.45, 7) is 0. The predicted molar refractivity (Wildman–Crippen MR) is 142 cm³/mol. The van der Waals surface area contributed by atoms with Crippen LogP contribution in [0.5, 0.6) is 0 Å². The Bertz CT molecular complexity index is 1720. The lowest BCUT2D eigenvalue weighted by atomic mass is 10.0. The summed E-state index contributed by atoms with van der Waals surface area (Å²) in [5.74, 6) is -2.35. The third-order valence-corrected chi connectivity index (χ3v) is 7.38. The van der Waals surface area contributed by atoms with E-state index in [-0.39, 0.29) is 64.4 Å². The second-order valence-electron chi connectivity index (χ2n) is 10.3. The van der Waals surface area contributed by atoms with Crippen molar-refractivity contribution in [1.29, 1.82) is 0 Å². The molecule has 10 nitrogen and oxygen atoms in total. The number of carbonyl (C=O) groups excluding carboxylic acids is 2. The summed E-state index contributed by atoms with van der Waals surface area (Å²) in [7, 11) is 0. The largest absolute Gasteiger partial charge is 0.400 e. The summed E-state index contributed by atoms with van der Waals surface area (Å²) < 4.78 is 72.5. The molecular formula is C27H23F5N8O2. The number of anilines is 3. The van der Waals surface area contributed by atoms with E-state index < -0.39 is 35.2 Å². The molecule has 6 N–H and O–H groups in total. The standard InChI is InChI=1S/C27H23F5N8O2/c28-14-2-4-15(5-3-14)39-20(12-19(37-39)26(9-10-26)27(30,31)32)36-25(42)35-18-8-1-13(11-17(18)29)22-21(24(34)41)23(33)40(38-22)16-6-7-16/h1-5,8,11-12,16H,6-7,9-10,33H2,(H2,34,41)(H2,35,36,42). The monoisotopic (exact) mass is 586 g/mol. The van der Waals surface area contributed by atoms with Crippen LogP contribution in [0.4, 0.5) is 44.1 Å². The quantitative estimate of drug-likeness (QED) is 0.218. The molecule has 0 radical (unpaired) electrons. The summed E-state index contributed by atoms with van der Waals surface area (Å²) >= 11 is 0. The van der Waals surface area contributed by atoms with Gasteiger partial charge in [-0.3, -0.25) is 10.1 Å². The Labute approximate surface area is 234 Å². The molecule has 42 heavy (non-hydrogen) atoms. The molecule has 0 atom stereocenters. The van der Waals surface area contributed by atoms with Crippen LogP contribution in [0, 0.1) is 11.6 Å². The third kappa shape index (κ3) is 4.69. The highest BCUT2D eigenvalue weighted by Gasteiger charge is 2.66. The maximum atomic E-state index is 15.1. The highest BCUT2D eigenvalue weighted by molar-refractivity contribution is 6.04. The second-order valence-corrected chi connectivity index (χ2v) is 10.3. The smallest absolute Gasteiger partial charge is 0.383 e. The number of halogens is 5. The van der Waals surface area contributed by atoms with Crippen LogP contribution in [-0.2, 0) is 5.41 Å². The first-order valence-corrected chi connectivity index (χ1v) is 12.9. The lowest BCUT2D eigenvalue weighted by Crippen LogP contribution is -2.29. The van der Waals surface area contributed by atoms with Crippen LogP contribution in [0.25, 0.3) is 16.9 Å². The molecule has 218 valence electrons. The Morgan fingerprint density at radius 3 is 2.24 bits per heavy atom. The van der Waals surface area contributed by atoms with Gasteiger partial charge >= 0.3 is 12.2 Å². The number of nitrogens with zero attached hydrogens (tertiary/aromatic N) is 4. The molecule has 0 spiro atoms. The normalized spacial score (nSPS) is 15.8. The van der Waals surface area contributed by atoms with Gasteiger partial charge in [0.25, 0.3) is 5.91 Å². The van der Waals surface area contributed by atoms with Gasteiger partial charge < -0.3 is 16.8 Å². The SMILES string of the molecule is NC(=O)c1c(-c2ccc(NC(=O)Nc3cc(C4(C(F)(F)F)CC4)nn3-c3ccc(F)cc3)c(F)c2)nn(C2CC2)c1N. The van der Waals surface area contributed by atoms with Crippen molar-refractivity contribution < 1.29 is 31.5 Å². The molecule has 0 unspecified atom stereocenters. The Morgan fingerprint density at radius 2 is 1.67 bits per heavy atom. The first kappa shape index (κ1) is 27.2. The topological polar surface area (TPSA) is 146 Å². The van der Waals surface area contributed by atoms with Crippen LogP contribution in [0.1, 0.15) is 47.8 Å². The average Bonchev–Trinajstić information content (AvgIpc) is 3.85. The van der Waals surface area contributed by atoms with Crippen molar-refractivity contribution in [3.8, 4) is 16.9 Å². The number of benzene rings is 2. The van der Waals surface area contributed by atoms with Crippen LogP contribution < -0.4 is 22.1 Å². The summed E-state index contributed by atoms with van der Waals surface area (Å²) in [6.07, 6.45) is -3.24. The number of aromatic nitrogens is 4. The maximum absolute atomic E-state index is 15.1. The molecule has 2 aromatic heterocycles. The van der Waals surface area contributed by atoms with E-state index in [0.717, 1.165) is 41.8 Å². The number of nitrogens with two attached hydrogens (primary N) is 2. The highest BCUT2D eigenvalue weighted by atomic mass is 19.4. The van der Waals surface area contributed by atoms with Gasteiger partial charge in [-0.25, -0.2) is 22.9 Å². The zero-order valence-corrected chi connectivity index (χ0v) is 21.7. The number of nitrogen functional groups attached to an aromatic ring is 1. The van der Waals surface area contributed by atoms with Crippen molar-refractivity contribution in [3.05, 3.63) is 71.4 Å². The van der Waals surface area contributed by atoms with E-state index in [1.807, 2.05) is 0 Å². The molecule has 2 aromatic carbocycles. The van der Waals surface area contributed by atoms with Gasteiger partial charge in [0.05, 0.1) is 23.1 Å². The number of hydrogen-bond donors (Lipinski definition) is 4. The van der Waals surface area contributed by atoms with Gasteiger partial charge in [0.1, 0.15) is 39.9 Å². The van der Waals surface area contributed by atoms with Crippen molar-refractivity contribution in [2.24, 2.45) is 5.73 Å². The molecule has 3 amide bonds. The number of rotatable bonds is 7. The lowest BCUT2D eigenvalue weighted by Gasteiger charge is -2.16. The molecular weight excluding hydrogens is 563 g/mol. The van der Waals surface area contributed by atoms with Crippen molar-refractivity contribution in [3.63, 3.8) is 0 Å². The van der Waals surface area contributed by atoms with E-state index in [4.69, 9.17) is 11.5 Å². The lowest BCUT2D eigenvalue weighted by molar-refractivity contribution is -0.161. The Balaban J connectivity index is 1.27. The van der Waals surface area contributed by atoms with E-state index in [1.54, 1.807) is 0 Å². The Morgan fingerprint density at radius 1 is 0.976 bits per heavy atom. The van der Waals surface area contributed by atoms with Gasteiger partial charge in [-0.2, -0.15) is 23.4 Å². The molecule has 2 saturated carbocycles. The fourth-order valence-corrected chi connectivity index (χ4v) is 4.82. The number of hydrogen-bond acceptors (Lipinski definition) is 5. The minimum atomic E-state index is -4.56. The van der Waals surface area contributed by atoms with Crippen LogP contribution in [-0.4, -0.2) is 37.7 Å². The van der Waals surface area contributed by atoms with Gasteiger partial charge in [0.15, 0.2) is 0 Å². The van der Waals surface area contributed by atoms with Gasteiger partial charge in [-0.05, 0) is 62.1 Å². The van der Waals surface area contributed by atoms with Crippen molar-refractivity contribution >= 4 is 29.3 Å². The molecule has 2 fully saturated rings. The first-order chi connectivity index (χ1) is 19.9. The van der Waals surface area contributed by atoms with E-state index in [0.29, 0.717) is 0 Å². The number of nitrogens with one attached hydrogen (secondary N) is 2. The zero-order valence-electron chi connectivity index (χ0n) is 21.7. The van der Waals surface area contributed by atoms with Crippen LogP contribution in [0.2, 0.25) is 0 Å². The van der Waals surface area contributed by atoms with Gasteiger partial charge in [-0.1, -0.05) is 6.07 Å². The minimum absolute atomic E-state index is 0.0288. The number of urea groups is 1. The molecule has 0 aliphatic heterocycles. The molecule has 2 aliphatic carbocycles. The number of amides is 3. The van der Waals surface area contributed by atoms with Crippen LogP contribution in [0.15, 0.2) is 48.5 Å². The maximum Gasteiger partial charge on any atom is 0.400 e. The highest BCUT2D eigenvalue weighted by Crippen LogP contribution is 2.58. The summed E-state index contributed by atoms with van der Waals surface area (Å²) in [5, 5.41) is 13.1. The Kier molecular flexibility index (Phi) is 6.20. The molecule has 2 heterocycles. The minimum Gasteiger partial charge on any atom is -0.383 e. The van der Waals surface area contributed by atoms with Crippen LogP contribution in [0.3, 0.4) is 0 Å². The van der Waals surface area contributed by atoms with E-state index >= 15 is 4.39 Å². The molecule has 15 heteroatoms. The number of alkyl halides is 3. The molecule has 0 bridgehead atoms. The van der Waals surface area contributed by atoms with Gasteiger partial charge in [0, 0.05) is 11.6 Å². The van der Waals surface area contributed by atoms with Crippen molar-refractivity contribution in [2.45, 2.75) is 43.3 Å². The second kappa shape index (κ2) is 9.56. The summed E-state index contributed by atoms with van der Waals surface area (Å²) in [5.41, 5.74) is 9.27. The molecule has 0 saturated heterocycles. The fourth-order valence-electron chi connectivity index (χ4n) is 4.82. The van der Waals surface area contributed by atoms with Crippen molar-refractivity contribution in [1.82, 2.24) is 19.6 Å². The summed E-state index contributed by atoms with van der Waals surface area (Å²) in [4.78, 5) is 24.9. The van der Waals surface area contributed by atoms with E-state index in [9.17, 15) is 27.2 Å². The van der Waals surface area contributed by atoms with E-state index in [2.05, 4.69) is 20.8 Å². The summed E-state index contributed by atoms with van der Waals surface area (Å²) in [6, 6.07) is 8.60. The molecule has 4 aromatic rings. The van der Waals surface area contributed by atoms with Gasteiger partial charge in [0.2, 0.25) is 0 Å². The Hall–Kier alpha value is -4.95. The average molecular weight is 587 g/mol. The van der Waals surface area contributed by atoms with E-state index in [1.165, 1.54) is 28.9 Å². The predicted octanol–water partition coefficient (Wildman–Crippen LogP) is 5.27. The fraction of sp³-hybridized carbons (Fsp3) is 0.259. The van der Waals surface area contributed by atoms with Crippen molar-refractivity contribution in [2.75, 3.05) is 16.4 Å². The molecule has 6 rings (SSSR count). The molecule has 2 aliphatic rings. The third-order valence-electron chi connectivity index (χ3n) is 7.38. The van der Waals surface area contributed by atoms with Gasteiger partial charge in [-0.15, -0.1) is 0 Å². The number of primary amides is 1. The number of carbonyl (C=O) groups is 2.